The maximum absolute atomic E-state index is 9.93. The molecule has 16 heavy (non-hydrogen) atoms. The lowest BCUT2D eigenvalue weighted by atomic mass is 9.81. The van der Waals surface area contributed by atoms with Crippen LogP contribution in [0.2, 0.25) is 0 Å². The van der Waals surface area contributed by atoms with Gasteiger partial charge in [0.05, 0.1) is 12.1 Å². The number of fused-ring (bicyclic) bond motifs is 1. The van der Waals surface area contributed by atoms with Crippen LogP contribution in [0.25, 0.3) is 0 Å². The molecule has 0 aromatic rings. The standard InChI is InChI=1S/C10H18N2O3S/c1-2-11-10-12-7-6(16-10)3-5(4-13)8(14)9(7)15/h5-9,13-15H,2-4H2,1H3,(H,11,12)/t5-,6-,7-,8-,9-/m1/s1. The molecule has 5 atom stereocenters. The maximum Gasteiger partial charge on any atom is 0.157 e. The van der Waals surface area contributed by atoms with Crippen molar-refractivity contribution in [1.82, 2.24) is 5.32 Å². The summed E-state index contributed by atoms with van der Waals surface area (Å²) < 4.78 is 0. The number of nitrogens with one attached hydrogen (secondary N) is 1. The Balaban J connectivity index is 2.08. The van der Waals surface area contributed by atoms with Crippen molar-refractivity contribution in [3.05, 3.63) is 0 Å². The van der Waals surface area contributed by atoms with E-state index >= 15 is 0 Å². The fraction of sp³-hybridized carbons (Fsp3) is 0.900. The van der Waals surface area contributed by atoms with Crippen molar-refractivity contribution in [2.45, 2.75) is 36.8 Å². The van der Waals surface area contributed by atoms with Crippen LogP contribution >= 0.6 is 11.8 Å². The summed E-state index contributed by atoms with van der Waals surface area (Å²) in [5.74, 6) is -0.236. The van der Waals surface area contributed by atoms with Gasteiger partial charge in [0.25, 0.3) is 0 Å². The van der Waals surface area contributed by atoms with Gasteiger partial charge in [-0.1, -0.05) is 11.8 Å². The van der Waals surface area contributed by atoms with Gasteiger partial charge in [0.2, 0.25) is 0 Å². The maximum atomic E-state index is 9.93. The summed E-state index contributed by atoms with van der Waals surface area (Å²) in [7, 11) is 0. The molecule has 2 aliphatic rings. The molecule has 0 radical (unpaired) electrons. The molecule has 4 N–H and O–H groups in total. The molecule has 0 amide bonds. The van der Waals surface area contributed by atoms with Gasteiger partial charge in [-0.25, -0.2) is 0 Å². The Morgan fingerprint density at radius 3 is 2.81 bits per heavy atom. The first-order chi connectivity index (χ1) is 7.67. The number of hydrogen-bond donors (Lipinski definition) is 4. The van der Waals surface area contributed by atoms with Gasteiger partial charge in [0.1, 0.15) is 6.10 Å². The largest absolute Gasteiger partial charge is 0.396 e. The molecule has 5 nitrogen and oxygen atoms in total. The van der Waals surface area contributed by atoms with Gasteiger partial charge in [0, 0.05) is 24.3 Å². The van der Waals surface area contributed by atoms with Crippen LogP contribution in [0, 0.1) is 5.92 Å². The highest BCUT2D eigenvalue weighted by Crippen LogP contribution is 2.39. The molecule has 2 rings (SSSR count). The van der Waals surface area contributed by atoms with E-state index in [9.17, 15) is 10.2 Å². The summed E-state index contributed by atoms with van der Waals surface area (Å²) in [5, 5.41) is 33.0. The van der Waals surface area contributed by atoms with Crippen molar-refractivity contribution in [2.75, 3.05) is 13.2 Å². The molecule has 92 valence electrons. The predicted molar refractivity (Wildman–Crippen MR) is 63.5 cm³/mol. The molecule has 6 heteroatoms. The Bertz CT molecular complexity index is 287. The number of rotatable bonds is 2. The zero-order valence-electron chi connectivity index (χ0n) is 9.21. The van der Waals surface area contributed by atoms with E-state index in [2.05, 4.69) is 10.3 Å². The summed E-state index contributed by atoms with van der Waals surface area (Å²) in [6.07, 6.45) is -1.03. The normalized spacial score (nSPS) is 42.8. The number of hydrogen-bond acceptors (Lipinski definition) is 6. The van der Waals surface area contributed by atoms with E-state index in [4.69, 9.17) is 5.11 Å². The van der Waals surface area contributed by atoms with Gasteiger partial charge in [-0.15, -0.1) is 0 Å². The Kier molecular flexibility index (Phi) is 3.73. The quantitative estimate of drug-likeness (QED) is 0.511. The number of thioether (sulfide) groups is 1. The lowest BCUT2D eigenvalue weighted by Crippen LogP contribution is -2.51. The minimum absolute atomic E-state index is 0.0848. The second-order valence-corrected chi connectivity index (χ2v) is 5.50. The summed E-state index contributed by atoms with van der Waals surface area (Å²) >= 11 is 1.60. The van der Waals surface area contributed by atoms with Crippen LogP contribution in [0.15, 0.2) is 4.99 Å². The third kappa shape index (κ3) is 2.07. The second kappa shape index (κ2) is 4.91. The van der Waals surface area contributed by atoms with Crippen molar-refractivity contribution in [3.8, 4) is 0 Å². The van der Waals surface area contributed by atoms with E-state index < -0.39 is 12.2 Å². The number of nitrogens with zero attached hydrogens (tertiary/aromatic N) is 1. The zero-order chi connectivity index (χ0) is 11.7. The third-order valence-corrected chi connectivity index (χ3v) is 4.44. The fourth-order valence-electron chi connectivity index (χ4n) is 2.29. The van der Waals surface area contributed by atoms with Gasteiger partial charge < -0.3 is 20.6 Å². The summed E-state index contributed by atoms with van der Waals surface area (Å²) in [5.41, 5.74) is 0. The SMILES string of the molecule is CCNC1=N[C@H]2[C@@H](O)[C@H](O)[C@@H](CO)C[C@H]2S1. The molecule has 1 heterocycles. The van der Waals surface area contributed by atoms with Crippen LogP contribution in [0.5, 0.6) is 0 Å². The summed E-state index contributed by atoms with van der Waals surface area (Å²) in [6, 6.07) is -0.239. The molecule has 1 aliphatic heterocycles. The predicted octanol–water partition coefficient (Wildman–Crippen LogP) is -0.830. The van der Waals surface area contributed by atoms with Gasteiger partial charge in [0.15, 0.2) is 5.17 Å². The van der Waals surface area contributed by atoms with Crippen LogP contribution < -0.4 is 5.32 Å². The lowest BCUT2D eigenvalue weighted by Gasteiger charge is -2.37. The Labute approximate surface area is 99.0 Å². The topological polar surface area (TPSA) is 85.1 Å². The van der Waals surface area contributed by atoms with Gasteiger partial charge >= 0.3 is 0 Å². The average molecular weight is 246 g/mol. The van der Waals surface area contributed by atoms with Gasteiger partial charge in [-0.05, 0) is 13.3 Å². The minimum atomic E-state index is -0.864. The van der Waals surface area contributed by atoms with E-state index in [1.165, 1.54) is 0 Å². The highest BCUT2D eigenvalue weighted by atomic mass is 32.2. The smallest absolute Gasteiger partial charge is 0.157 e. The first kappa shape index (κ1) is 12.2. The molecule has 0 unspecified atom stereocenters. The molecular weight excluding hydrogens is 228 g/mol. The van der Waals surface area contributed by atoms with Crippen molar-refractivity contribution < 1.29 is 15.3 Å². The number of aliphatic hydroxyl groups is 3. The van der Waals surface area contributed by atoms with E-state index in [0.29, 0.717) is 6.42 Å². The Morgan fingerprint density at radius 1 is 1.44 bits per heavy atom. The van der Waals surface area contributed by atoms with Crippen LogP contribution in [0.1, 0.15) is 13.3 Å². The minimum Gasteiger partial charge on any atom is -0.396 e. The van der Waals surface area contributed by atoms with Crippen molar-refractivity contribution in [2.24, 2.45) is 10.9 Å². The molecular formula is C10H18N2O3S. The van der Waals surface area contributed by atoms with Gasteiger partial charge in [-0.2, -0.15) is 0 Å². The number of aliphatic imine (C=N–C) groups is 1. The van der Waals surface area contributed by atoms with Crippen LogP contribution in [-0.2, 0) is 0 Å². The molecule has 0 aromatic carbocycles. The molecule has 0 spiro atoms. The molecule has 0 bridgehead atoms. The monoisotopic (exact) mass is 246 g/mol. The van der Waals surface area contributed by atoms with Crippen LogP contribution in [-0.4, -0.2) is 57.1 Å². The van der Waals surface area contributed by atoms with Crippen LogP contribution in [0.3, 0.4) is 0 Å². The fourth-order valence-corrected chi connectivity index (χ4v) is 3.69. The molecule has 1 fully saturated rings. The van der Waals surface area contributed by atoms with Crippen molar-refractivity contribution in [1.29, 1.82) is 0 Å². The molecule has 0 saturated heterocycles. The van der Waals surface area contributed by atoms with E-state index in [1.54, 1.807) is 11.8 Å². The first-order valence-electron chi connectivity index (χ1n) is 5.62. The van der Waals surface area contributed by atoms with Crippen molar-refractivity contribution in [3.63, 3.8) is 0 Å². The molecule has 0 aromatic heterocycles. The molecule has 1 aliphatic carbocycles. The van der Waals surface area contributed by atoms with Crippen molar-refractivity contribution >= 4 is 16.9 Å². The van der Waals surface area contributed by atoms with Gasteiger partial charge in [-0.3, -0.25) is 4.99 Å². The first-order valence-corrected chi connectivity index (χ1v) is 6.50. The highest BCUT2D eigenvalue weighted by Gasteiger charge is 2.46. The molecule has 1 saturated carbocycles. The van der Waals surface area contributed by atoms with E-state index in [-0.39, 0.29) is 23.8 Å². The lowest BCUT2D eigenvalue weighted by molar-refractivity contribution is -0.0646. The summed E-state index contributed by atoms with van der Waals surface area (Å²) in [4.78, 5) is 4.38. The number of amidine groups is 1. The Hall–Kier alpha value is -0.300. The average Bonchev–Trinajstić information content (AvgIpc) is 2.67. The summed E-state index contributed by atoms with van der Waals surface area (Å²) in [6.45, 7) is 2.71. The number of aliphatic hydroxyl groups excluding tert-OH is 3. The van der Waals surface area contributed by atoms with E-state index in [0.717, 1.165) is 11.7 Å². The zero-order valence-corrected chi connectivity index (χ0v) is 10.0. The van der Waals surface area contributed by atoms with Crippen LogP contribution in [0.4, 0.5) is 0 Å². The third-order valence-electron chi connectivity index (χ3n) is 3.19. The van der Waals surface area contributed by atoms with E-state index in [1.807, 2.05) is 6.92 Å². The second-order valence-electron chi connectivity index (χ2n) is 4.27. The Morgan fingerprint density at radius 2 is 2.19 bits per heavy atom. The highest BCUT2D eigenvalue weighted by molar-refractivity contribution is 8.14.